The molecular weight excluding hydrogens is 468 g/mol. The van der Waals surface area contributed by atoms with E-state index < -0.39 is 37.2 Å². The van der Waals surface area contributed by atoms with Crippen LogP contribution in [0.4, 0.5) is 0 Å². The van der Waals surface area contributed by atoms with Crippen molar-refractivity contribution in [3.05, 3.63) is 0 Å². The number of nitrogens with two attached hydrogens (primary N) is 1. The molecule has 0 aliphatic carbocycles. The van der Waals surface area contributed by atoms with Gasteiger partial charge in [-0.1, -0.05) is 123 Å². The highest BCUT2D eigenvalue weighted by Crippen LogP contribution is 2.24. The Balaban J connectivity index is 2.49. The largest absolute Gasteiger partial charge is 0.394 e. The summed E-state index contributed by atoms with van der Waals surface area (Å²) in [5.41, 5.74) is 6.22. The van der Waals surface area contributed by atoms with Crippen molar-refractivity contribution in [2.24, 2.45) is 5.73 Å². The fourth-order valence-electron chi connectivity index (χ4n) is 5.29. The molecule has 0 bridgehead atoms. The molecule has 1 heterocycles. The Bertz CT molecular complexity index is 548. The van der Waals surface area contributed by atoms with Crippen LogP contribution in [0, 0.1) is 0 Å². The van der Waals surface area contributed by atoms with E-state index in [4.69, 9.17) is 10.5 Å². The predicted octanol–water partition coefficient (Wildman–Crippen LogP) is 5.42. The molecule has 0 aromatic carbocycles. The van der Waals surface area contributed by atoms with E-state index in [1.54, 1.807) is 4.90 Å². The zero-order chi connectivity index (χ0) is 27.3. The highest BCUT2D eigenvalue weighted by atomic mass is 16.5. The lowest BCUT2D eigenvalue weighted by molar-refractivity contribution is -0.226. The molecule has 7 heteroatoms. The second-order valence-corrected chi connectivity index (χ2v) is 11.2. The number of nitrogens with zero attached hydrogens (tertiary/aromatic N) is 1. The molecule has 0 aromatic rings. The molecule has 0 aromatic heterocycles. The zero-order valence-corrected chi connectivity index (χ0v) is 24.1. The van der Waals surface area contributed by atoms with Crippen LogP contribution in [-0.4, -0.2) is 69.9 Å². The summed E-state index contributed by atoms with van der Waals surface area (Å²) in [7, 11) is 0. The second-order valence-electron chi connectivity index (χ2n) is 11.2. The number of aliphatic hydroxyl groups excluding tert-OH is 3. The molecule has 0 radical (unpaired) electrons. The number of rotatable bonds is 23. The van der Waals surface area contributed by atoms with Crippen LogP contribution in [0.15, 0.2) is 0 Å². The quantitative estimate of drug-likeness (QED) is 0.132. The minimum absolute atomic E-state index is 0.0143. The van der Waals surface area contributed by atoms with Crippen molar-refractivity contribution in [3.63, 3.8) is 0 Å². The average molecular weight is 529 g/mol. The van der Waals surface area contributed by atoms with Crippen LogP contribution in [0.5, 0.6) is 0 Å². The van der Waals surface area contributed by atoms with Gasteiger partial charge in [-0.15, -0.1) is 0 Å². The zero-order valence-electron chi connectivity index (χ0n) is 24.1. The van der Waals surface area contributed by atoms with E-state index in [-0.39, 0.29) is 5.91 Å². The highest BCUT2D eigenvalue weighted by Gasteiger charge is 2.45. The van der Waals surface area contributed by atoms with Crippen molar-refractivity contribution in [2.45, 2.75) is 173 Å². The molecule has 37 heavy (non-hydrogen) atoms. The lowest BCUT2D eigenvalue weighted by Gasteiger charge is -2.45. The van der Waals surface area contributed by atoms with Crippen LogP contribution < -0.4 is 5.73 Å². The van der Waals surface area contributed by atoms with E-state index >= 15 is 0 Å². The molecule has 1 saturated heterocycles. The summed E-state index contributed by atoms with van der Waals surface area (Å²) in [4.78, 5) is 14.9. The van der Waals surface area contributed by atoms with Gasteiger partial charge in [-0.2, -0.15) is 0 Å². The van der Waals surface area contributed by atoms with Gasteiger partial charge in [0.1, 0.15) is 18.3 Å². The van der Waals surface area contributed by atoms with Gasteiger partial charge >= 0.3 is 0 Å². The Kier molecular flexibility index (Phi) is 20.5. The predicted molar refractivity (Wildman–Crippen MR) is 151 cm³/mol. The molecule has 7 nitrogen and oxygen atoms in total. The summed E-state index contributed by atoms with van der Waals surface area (Å²) < 4.78 is 5.87. The Labute approximate surface area is 227 Å². The van der Waals surface area contributed by atoms with Gasteiger partial charge in [-0.25, -0.2) is 0 Å². The minimum atomic E-state index is -1.26. The summed E-state index contributed by atoms with van der Waals surface area (Å²) in [5, 5.41) is 30.2. The van der Waals surface area contributed by atoms with Gasteiger partial charge in [-0.05, 0) is 12.8 Å². The van der Waals surface area contributed by atoms with Crippen LogP contribution in [0.3, 0.4) is 0 Å². The Hall–Kier alpha value is -0.730. The van der Waals surface area contributed by atoms with Gasteiger partial charge in [0.05, 0.1) is 12.6 Å². The van der Waals surface area contributed by atoms with E-state index in [0.29, 0.717) is 13.0 Å². The second kappa shape index (κ2) is 22.1. The molecule has 1 aliphatic rings. The number of aliphatic hydroxyl groups is 3. The first-order valence-corrected chi connectivity index (χ1v) is 15.6. The number of carbonyl (C=O) groups is 1. The average Bonchev–Trinajstić information content (AvgIpc) is 2.90. The highest BCUT2D eigenvalue weighted by molar-refractivity contribution is 5.76. The molecule has 1 fully saturated rings. The van der Waals surface area contributed by atoms with Gasteiger partial charge in [-0.3, -0.25) is 4.79 Å². The first-order valence-electron chi connectivity index (χ1n) is 15.6. The normalized spacial score (nSPS) is 23.9. The number of hydrogen-bond donors (Lipinski definition) is 4. The molecule has 5 N–H and O–H groups in total. The third-order valence-electron chi connectivity index (χ3n) is 7.82. The van der Waals surface area contributed by atoms with Crippen molar-refractivity contribution in [1.82, 2.24) is 4.90 Å². The van der Waals surface area contributed by atoms with Crippen molar-refractivity contribution < 1.29 is 24.9 Å². The summed E-state index contributed by atoms with van der Waals surface area (Å²) in [6.45, 7) is 4.56. The van der Waals surface area contributed by atoms with E-state index in [0.717, 1.165) is 38.5 Å². The maximum absolute atomic E-state index is 13.3. The molecule has 1 rings (SSSR count). The van der Waals surface area contributed by atoms with Crippen molar-refractivity contribution in [2.75, 3.05) is 13.2 Å². The van der Waals surface area contributed by atoms with Crippen molar-refractivity contribution in [3.8, 4) is 0 Å². The number of hydrogen-bond acceptors (Lipinski definition) is 6. The summed E-state index contributed by atoms with van der Waals surface area (Å²) in [6.07, 6.45) is 18.9. The van der Waals surface area contributed by atoms with Gasteiger partial charge in [0.15, 0.2) is 6.23 Å². The number of ether oxygens (including phenoxy) is 1. The van der Waals surface area contributed by atoms with Crippen LogP contribution in [0.1, 0.15) is 142 Å². The summed E-state index contributed by atoms with van der Waals surface area (Å²) in [6, 6.07) is -0.909. The maximum Gasteiger partial charge on any atom is 0.224 e. The summed E-state index contributed by atoms with van der Waals surface area (Å²) >= 11 is 0. The first kappa shape index (κ1) is 34.3. The molecule has 1 amide bonds. The number of carbonyl (C=O) groups excluding carboxylic acids is 1. The van der Waals surface area contributed by atoms with Crippen LogP contribution in [0.2, 0.25) is 0 Å². The van der Waals surface area contributed by atoms with Gasteiger partial charge in [0, 0.05) is 13.0 Å². The molecule has 0 unspecified atom stereocenters. The smallest absolute Gasteiger partial charge is 0.224 e. The van der Waals surface area contributed by atoms with Crippen molar-refractivity contribution in [1.29, 1.82) is 0 Å². The lowest BCUT2D eigenvalue weighted by atomic mass is 9.95. The molecule has 1 aliphatic heterocycles. The standard InChI is InChI=1S/C30H60N2O5/c1-3-5-7-9-11-13-15-17-19-21-23-32(30-27(31)29(36)28(35)25(24-33)37-30)26(34)22-20-18-16-14-12-10-8-6-4-2/h25,27-30,33,35-36H,3-24,31H2,1-2H3/t25-,27-,28+,29-,30-/m1/s1. The van der Waals surface area contributed by atoms with E-state index in [1.807, 2.05) is 0 Å². The number of amides is 1. The van der Waals surface area contributed by atoms with E-state index in [1.165, 1.54) is 83.5 Å². The Morgan fingerprint density at radius 3 is 1.59 bits per heavy atom. The van der Waals surface area contributed by atoms with Crippen LogP contribution in [0.25, 0.3) is 0 Å². The molecule has 0 spiro atoms. The molecule has 220 valence electrons. The third kappa shape index (κ3) is 14.3. The molecule has 0 saturated carbocycles. The van der Waals surface area contributed by atoms with Crippen molar-refractivity contribution >= 4 is 5.91 Å². The fourth-order valence-corrected chi connectivity index (χ4v) is 5.29. The summed E-state index contributed by atoms with van der Waals surface area (Å²) in [5.74, 6) is -0.0143. The van der Waals surface area contributed by atoms with Gasteiger partial charge in [0.25, 0.3) is 0 Å². The first-order chi connectivity index (χ1) is 18.0. The molecular formula is C30H60N2O5. The SMILES string of the molecule is CCCCCCCCCCCCN(C(=O)CCCCCCCCCCC)[C@@H]1O[C@H](CO)[C@H](O)[C@H](O)[C@H]1N. The van der Waals surface area contributed by atoms with Gasteiger partial charge in [0.2, 0.25) is 5.91 Å². The third-order valence-corrected chi connectivity index (χ3v) is 7.82. The van der Waals surface area contributed by atoms with Crippen LogP contribution >= 0.6 is 0 Å². The molecule has 5 atom stereocenters. The fraction of sp³-hybridized carbons (Fsp3) is 0.967. The van der Waals surface area contributed by atoms with E-state index in [2.05, 4.69) is 13.8 Å². The van der Waals surface area contributed by atoms with E-state index in [9.17, 15) is 20.1 Å². The lowest BCUT2D eigenvalue weighted by Crippen LogP contribution is -2.67. The maximum atomic E-state index is 13.3. The monoisotopic (exact) mass is 528 g/mol. The minimum Gasteiger partial charge on any atom is -0.394 e. The Morgan fingerprint density at radius 1 is 0.703 bits per heavy atom. The number of unbranched alkanes of at least 4 members (excludes halogenated alkanes) is 17. The van der Waals surface area contributed by atoms with Crippen LogP contribution in [-0.2, 0) is 9.53 Å². The van der Waals surface area contributed by atoms with Gasteiger partial charge < -0.3 is 30.7 Å². The topological polar surface area (TPSA) is 116 Å². The Morgan fingerprint density at radius 2 is 1.14 bits per heavy atom.